The van der Waals surface area contributed by atoms with Gasteiger partial charge in [-0.2, -0.15) is 0 Å². The van der Waals surface area contributed by atoms with Crippen molar-refractivity contribution in [1.29, 1.82) is 0 Å². The first-order valence-electron chi connectivity index (χ1n) is 8.93. The van der Waals surface area contributed by atoms with Gasteiger partial charge in [-0.15, -0.1) is 24.0 Å². The van der Waals surface area contributed by atoms with Gasteiger partial charge in [-0.3, -0.25) is 0 Å². The minimum atomic E-state index is -0.589. The van der Waals surface area contributed by atoms with Crippen molar-refractivity contribution < 1.29 is 9.84 Å². The summed E-state index contributed by atoms with van der Waals surface area (Å²) in [6.45, 7) is 7.72. The SMILES string of the molecule is CCNC(=NCc1ccc(C)cc1OC)NCC(O)c1ccc(C)cc1.I. The van der Waals surface area contributed by atoms with E-state index in [4.69, 9.17) is 4.74 Å². The van der Waals surface area contributed by atoms with Crippen LogP contribution in [-0.4, -0.2) is 31.3 Å². The standard InChI is InChI=1S/C21H29N3O2.HI/c1-5-22-21(23-13-18-11-8-16(3)12-20(18)26-4)24-14-19(25)17-9-6-15(2)7-10-17;/h6-12,19,25H,5,13-14H2,1-4H3,(H2,22,23,24);1H. The van der Waals surface area contributed by atoms with Crippen LogP contribution in [0.3, 0.4) is 0 Å². The zero-order chi connectivity index (χ0) is 18.9. The molecule has 0 aliphatic carbocycles. The Morgan fingerprint density at radius 3 is 2.37 bits per heavy atom. The first-order chi connectivity index (χ1) is 12.5. The van der Waals surface area contributed by atoms with Crippen LogP contribution in [-0.2, 0) is 6.54 Å². The highest BCUT2D eigenvalue weighted by molar-refractivity contribution is 14.0. The number of hydrogen-bond acceptors (Lipinski definition) is 3. The highest BCUT2D eigenvalue weighted by atomic mass is 127. The molecule has 3 N–H and O–H groups in total. The normalized spacial score (nSPS) is 12.1. The average molecular weight is 483 g/mol. The summed E-state index contributed by atoms with van der Waals surface area (Å²) in [6, 6.07) is 14.0. The molecule has 0 radical (unpaired) electrons. The van der Waals surface area contributed by atoms with Crippen molar-refractivity contribution in [3.05, 3.63) is 64.7 Å². The maximum absolute atomic E-state index is 10.4. The Bertz CT molecular complexity index is 733. The molecule has 2 rings (SSSR count). The van der Waals surface area contributed by atoms with Gasteiger partial charge in [-0.1, -0.05) is 42.0 Å². The molecule has 27 heavy (non-hydrogen) atoms. The summed E-state index contributed by atoms with van der Waals surface area (Å²) in [4.78, 5) is 4.61. The number of methoxy groups -OCH3 is 1. The van der Waals surface area contributed by atoms with Crippen LogP contribution in [0.25, 0.3) is 0 Å². The van der Waals surface area contributed by atoms with Gasteiger partial charge in [0.25, 0.3) is 0 Å². The van der Waals surface area contributed by atoms with Gasteiger partial charge in [0.05, 0.1) is 19.8 Å². The molecule has 148 valence electrons. The topological polar surface area (TPSA) is 65.9 Å². The fourth-order valence-electron chi connectivity index (χ4n) is 2.59. The number of halogens is 1. The number of guanidine groups is 1. The molecule has 1 unspecified atom stereocenters. The molecule has 2 aromatic carbocycles. The highest BCUT2D eigenvalue weighted by Crippen LogP contribution is 2.20. The number of nitrogens with one attached hydrogen (secondary N) is 2. The second-order valence-corrected chi connectivity index (χ2v) is 6.32. The maximum Gasteiger partial charge on any atom is 0.191 e. The predicted octanol–water partition coefficient (Wildman–Crippen LogP) is 3.72. The van der Waals surface area contributed by atoms with E-state index in [-0.39, 0.29) is 24.0 Å². The van der Waals surface area contributed by atoms with E-state index in [0.717, 1.165) is 29.0 Å². The second kappa shape index (κ2) is 11.8. The van der Waals surface area contributed by atoms with E-state index < -0.39 is 6.10 Å². The number of aliphatic hydroxyl groups is 1. The zero-order valence-corrected chi connectivity index (χ0v) is 18.8. The lowest BCUT2D eigenvalue weighted by atomic mass is 10.1. The molecule has 0 heterocycles. The summed E-state index contributed by atoms with van der Waals surface area (Å²) in [5, 5.41) is 16.8. The van der Waals surface area contributed by atoms with Crippen molar-refractivity contribution in [1.82, 2.24) is 10.6 Å². The number of aryl methyl sites for hydroxylation is 2. The molecule has 0 saturated carbocycles. The van der Waals surface area contributed by atoms with Crippen LogP contribution in [0.5, 0.6) is 5.75 Å². The summed E-state index contributed by atoms with van der Waals surface area (Å²) >= 11 is 0. The Kier molecular flexibility index (Phi) is 10.2. The molecule has 0 amide bonds. The number of benzene rings is 2. The number of aliphatic hydroxyl groups excluding tert-OH is 1. The van der Waals surface area contributed by atoms with Crippen LogP contribution in [0.2, 0.25) is 0 Å². The molecule has 0 bridgehead atoms. The molecule has 6 heteroatoms. The van der Waals surface area contributed by atoms with Crippen LogP contribution in [0.15, 0.2) is 47.5 Å². The number of hydrogen-bond donors (Lipinski definition) is 3. The first-order valence-corrected chi connectivity index (χ1v) is 8.93. The van der Waals surface area contributed by atoms with E-state index in [9.17, 15) is 5.11 Å². The monoisotopic (exact) mass is 483 g/mol. The Morgan fingerprint density at radius 1 is 1.07 bits per heavy atom. The lowest BCUT2D eigenvalue weighted by Gasteiger charge is -2.16. The Balaban J connectivity index is 0.00000364. The summed E-state index contributed by atoms with van der Waals surface area (Å²) in [6.07, 6.45) is -0.589. The summed E-state index contributed by atoms with van der Waals surface area (Å²) in [5.41, 5.74) is 4.24. The van der Waals surface area contributed by atoms with E-state index in [1.165, 1.54) is 5.56 Å². The number of nitrogens with zero attached hydrogens (tertiary/aromatic N) is 1. The molecule has 0 fully saturated rings. The van der Waals surface area contributed by atoms with Gasteiger partial charge in [0, 0.05) is 18.7 Å². The maximum atomic E-state index is 10.4. The van der Waals surface area contributed by atoms with E-state index in [2.05, 4.69) is 21.7 Å². The largest absolute Gasteiger partial charge is 0.496 e. The van der Waals surface area contributed by atoms with Crippen molar-refractivity contribution in [2.24, 2.45) is 4.99 Å². The van der Waals surface area contributed by atoms with Crippen LogP contribution in [0.4, 0.5) is 0 Å². The number of aliphatic imine (C=N–C) groups is 1. The van der Waals surface area contributed by atoms with E-state index in [1.807, 2.05) is 57.2 Å². The van der Waals surface area contributed by atoms with Crippen LogP contribution in [0.1, 0.15) is 35.3 Å². The van der Waals surface area contributed by atoms with Gasteiger partial charge in [0.1, 0.15) is 5.75 Å². The van der Waals surface area contributed by atoms with Gasteiger partial charge >= 0.3 is 0 Å². The predicted molar refractivity (Wildman–Crippen MR) is 122 cm³/mol. The minimum absolute atomic E-state index is 0. The fourth-order valence-corrected chi connectivity index (χ4v) is 2.59. The molecular weight excluding hydrogens is 453 g/mol. The quantitative estimate of drug-likeness (QED) is 0.319. The van der Waals surface area contributed by atoms with Crippen LogP contribution >= 0.6 is 24.0 Å². The lowest BCUT2D eigenvalue weighted by molar-refractivity contribution is 0.181. The van der Waals surface area contributed by atoms with Crippen LogP contribution < -0.4 is 15.4 Å². The van der Waals surface area contributed by atoms with E-state index >= 15 is 0 Å². The van der Waals surface area contributed by atoms with E-state index in [0.29, 0.717) is 19.0 Å². The minimum Gasteiger partial charge on any atom is -0.496 e. The van der Waals surface area contributed by atoms with E-state index in [1.54, 1.807) is 7.11 Å². The van der Waals surface area contributed by atoms with Crippen molar-refractivity contribution in [3.63, 3.8) is 0 Å². The zero-order valence-electron chi connectivity index (χ0n) is 16.5. The van der Waals surface area contributed by atoms with Gasteiger partial charge in [-0.25, -0.2) is 4.99 Å². The van der Waals surface area contributed by atoms with Crippen molar-refractivity contribution >= 4 is 29.9 Å². The smallest absolute Gasteiger partial charge is 0.191 e. The molecule has 0 aliphatic heterocycles. The third kappa shape index (κ3) is 7.38. The molecule has 1 atom stereocenters. The molecule has 0 saturated heterocycles. The van der Waals surface area contributed by atoms with Gasteiger partial charge in [0.15, 0.2) is 5.96 Å². The molecule has 0 aliphatic rings. The molecule has 0 spiro atoms. The average Bonchev–Trinajstić information content (AvgIpc) is 2.65. The van der Waals surface area contributed by atoms with Gasteiger partial charge < -0.3 is 20.5 Å². The summed E-state index contributed by atoms with van der Waals surface area (Å²) in [5.74, 6) is 1.51. The second-order valence-electron chi connectivity index (χ2n) is 6.32. The summed E-state index contributed by atoms with van der Waals surface area (Å²) < 4.78 is 5.43. The molecule has 5 nitrogen and oxygen atoms in total. The first kappa shape index (κ1) is 23.2. The lowest BCUT2D eigenvalue weighted by Crippen LogP contribution is -2.39. The summed E-state index contributed by atoms with van der Waals surface area (Å²) in [7, 11) is 1.67. The Morgan fingerprint density at radius 2 is 1.74 bits per heavy atom. The molecule has 0 aromatic heterocycles. The van der Waals surface area contributed by atoms with Crippen molar-refractivity contribution in [2.75, 3.05) is 20.2 Å². The molecule has 2 aromatic rings. The third-order valence-electron chi connectivity index (χ3n) is 4.12. The van der Waals surface area contributed by atoms with Crippen molar-refractivity contribution in [3.8, 4) is 5.75 Å². The number of rotatable bonds is 7. The highest BCUT2D eigenvalue weighted by Gasteiger charge is 2.09. The van der Waals surface area contributed by atoms with Gasteiger partial charge in [0.2, 0.25) is 0 Å². The Labute approximate surface area is 179 Å². The molecular formula is C21H30IN3O2. The number of ether oxygens (including phenoxy) is 1. The third-order valence-corrected chi connectivity index (χ3v) is 4.12. The van der Waals surface area contributed by atoms with Gasteiger partial charge in [-0.05, 0) is 38.0 Å². The van der Waals surface area contributed by atoms with Crippen molar-refractivity contribution in [2.45, 2.75) is 33.4 Å². The fraction of sp³-hybridized carbons (Fsp3) is 0.381. The Hall–Kier alpha value is -1.80. The van der Waals surface area contributed by atoms with Crippen LogP contribution in [0, 0.1) is 13.8 Å².